The van der Waals surface area contributed by atoms with Crippen LogP contribution < -0.4 is 10.2 Å². The number of rotatable bonds is 6. The number of aromatic nitrogens is 1. The normalized spacial score (nSPS) is 18.0. The Morgan fingerprint density at radius 3 is 2.36 bits per heavy atom. The third-order valence-electron chi connectivity index (χ3n) is 4.48. The number of nitrogens with zero attached hydrogens (tertiary/aromatic N) is 2. The number of carbonyl (C=O) groups excluding carboxylic acids is 1. The van der Waals surface area contributed by atoms with Crippen LogP contribution in [0.3, 0.4) is 0 Å². The van der Waals surface area contributed by atoms with Gasteiger partial charge in [-0.1, -0.05) is 0 Å². The number of aliphatic hydroxyl groups is 2. The molecule has 1 amide bonds. The van der Waals surface area contributed by atoms with E-state index in [0.29, 0.717) is 6.42 Å². The fraction of sp³-hybridized carbons (Fsp3) is 0.368. The van der Waals surface area contributed by atoms with Gasteiger partial charge in [-0.2, -0.15) is 0 Å². The molecule has 6 nitrogen and oxygen atoms in total. The Bertz CT molecular complexity index is 704. The lowest BCUT2D eigenvalue weighted by molar-refractivity contribution is -0.117. The first-order valence-corrected chi connectivity index (χ1v) is 8.49. The SMILES string of the molecule is C[C@H](O)[C@@H](O)[C@H](Nc1ccc(N2CCCC2=O)cc1)c1ccncc1. The summed E-state index contributed by atoms with van der Waals surface area (Å²) in [7, 11) is 0. The summed E-state index contributed by atoms with van der Waals surface area (Å²) >= 11 is 0. The molecular weight excluding hydrogens is 318 g/mol. The van der Waals surface area contributed by atoms with E-state index in [1.807, 2.05) is 24.3 Å². The van der Waals surface area contributed by atoms with E-state index < -0.39 is 18.2 Å². The maximum Gasteiger partial charge on any atom is 0.227 e. The molecule has 132 valence electrons. The number of carbonyl (C=O) groups is 1. The molecule has 3 N–H and O–H groups in total. The summed E-state index contributed by atoms with van der Waals surface area (Å²) in [4.78, 5) is 17.6. The van der Waals surface area contributed by atoms with E-state index >= 15 is 0 Å². The Balaban J connectivity index is 1.78. The molecule has 3 rings (SSSR count). The predicted octanol–water partition coefficient (Wildman–Crippen LogP) is 2.10. The molecule has 1 aliphatic rings. The average Bonchev–Trinajstić information content (AvgIpc) is 3.06. The molecule has 2 aromatic rings. The largest absolute Gasteiger partial charge is 0.391 e. The maximum atomic E-state index is 11.8. The highest BCUT2D eigenvalue weighted by molar-refractivity contribution is 5.95. The molecule has 1 aliphatic heterocycles. The van der Waals surface area contributed by atoms with Crippen LogP contribution in [0.1, 0.15) is 31.4 Å². The highest BCUT2D eigenvalue weighted by Gasteiger charge is 2.25. The maximum absolute atomic E-state index is 11.8. The summed E-state index contributed by atoms with van der Waals surface area (Å²) in [5, 5.41) is 23.4. The molecule has 1 aromatic heterocycles. The number of hydrogen-bond acceptors (Lipinski definition) is 5. The van der Waals surface area contributed by atoms with Gasteiger partial charge in [0.2, 0.25) is 5.91 Å². The van der Waals surface area contributed by atoms with Gasteiger partial charge in [0.15, 0.2) is 0 Å². The van der Waals surface area contributed by atoms with Gasteiger partial charge >= 0.3 is 0 Å². The van der Waals surface area contributed by atoms with Gasteiger partial charge in [-0.05, 0) is 55.3 Å². The smallest absolute Gasteiger partial charge is 0.227 e. The third-order valence-corrected chi connectivity index (χ3v) is 4.48. The Hall–Kier alpha value is -2.44. The van der Waals surface area contributed by atoms with E-state index in [-0.39, 0.29) is 5.91 Å². The van der Waals surface area contributed by atoms with Crippen molar-refractivity contribution in [3.05, 3.63) is 54.4 Å². The standard InChI is InChI=1S/C19H23N3O3/c1-13(23)19(25)18(14-8-10-20-11-9-14)21-15-4-6-16(7-5-15)22-12-2-3-17(22)24/h4-11,13,18-19,21,23,25H,2-3,12H2,1H3/t13-,18+,19+/m0/s1. The predicted molar refractivity (Wildman–Crippen MR) is 96.3 cm³/mol. The van der Waals surface area contributed by atoms with Crippen LogP contribution in [0.15, 0.2) is 48.8 Å². The van der Waals surface area contributed by atoms with Gasteiger partial charge in [-0.15, -0.1) is 0 Å². The molecule has 0 unspecified atom stereocenters. The fourth-order valence-corrected chi connectivity index (χ4v) is 3.05. The van der Waals surface area contributed by atoms with Gasteiger partial charge in [-0.3, -0.25) is 9.78 Å². The molecule has 1 fully saturated rings. The summed E-state index contributed by atoms with van der Waals surface area (Å²) in [6.45, 7) is 2.31. The molecule has 25 heavy (non-hydrogen) atoms. The number of anilines is 2. The van der Waals surface area contributed by atoms with E-state index in [1.165, 1.54) is 0 Å². The highest BCUT2D eigenvalue weighted by atomic mass is 16.3. The molecule has 3 atom stereocenters. The van der Waals surface area contributed by atoms with E-state index in [2.05, 4.69) is 10.3 Å². The van der Waals surface area contributed by atoms with Gasteiger partial charge in [0.25, 0.3) is 0 Å². The number of aliphatic hydroxyl groups excluding tert-OH is 2. The first kappa shape index (κ1) is 17.4. The lowest BCUT2D eigenvalue weighted by Crippen LogP contribution is -2.34. The van der Waals surface area contributed by atoms with Crippen LogP contribution in [0.5, 0.6) is 0 Å². The average molecular weight is 341 g/mol. The molecule has 0 spiro atoms. The van der Waals surface area contributed by atoms with Crippen LogP contribution in [0, 0.1) is 0 Å². The second-order valence-corrected chi connectivity index (χ2v) is 6.33. The molecule has 0 radical (unpaired) electrons. The van der Waals surface area contributed by atoms with Gasteiger partial charge in [0.05, 0.1) is 12.1 Å². The van der Waals surface area contributed by atoms with Crippen molar-refractivity contribution in [2.45, 2.75) is 38.0 Å². The van der Waals surface area contributed by atoms with Crippen molar-refractivity contribution >= 4 is 17.3 Å². The van der Waals surface area contributed by atoms with Crippen LogP contribution in [-0.2, 0) is 4.79 Å². The van der Waals surface area contributed by atoms with Gasteiger partial charge in [-0.25, -0.2) is 0 Å². The lowest BCUT2D eigenvalue weighted by Gasteiger charge is -2.27. The van der Waals surface area contributed by atoms with Crippen LogP contribution in [0.4, 0.5) is 11.4 Å². The molecule has 1 aromatic carbocycles. The van der Waals surface area contributed by atoms with Crippen molar-refractivity contribution in [1.82, 2.24) is 4.98 Å². The van der Waals surface area contributed by atoms with Crippen LogP contribution in [0.25, 0.3) is 0 Å². The van der Waals surface area contributed by atoms with Crippen molar-refractivity contribution in [3.63, 3.8) is 0 Å². The van der Waals surface area contributed by atoms with Crippen LogP contribution >= 0.6 is 0 Å². The minimum Gasteiger partial charge on any atom is -0.391 e. The van der Waals surface area contributed by atoms with Crippen LogP contribution in [0.2, 0.25) is 0 Å². The summed E-state index contributed by atoms with van der Waals surface area (Å²) in [6, 6.07) is 10.7. The van der Waals surface area contributed by atoms with Crippen LogP contribution in [-0.4, -0.2) is 39.9 Å². The Labute approximate surface area is 147 Å². The number of hydrogen-bond donors (Lipinski definition) is 3. The summed E-state index contributed by atoms with van der Waals surface area (Å²) < 4.78 is 0. The van der Waals surface area contributed by atoms with E-state index in [0.717, 1.165) is 29.9 Å². The Morgan fingerprint density at radius 2 is 1.80 bits per heavy atom. The van der Waals surface area contributed by atoms with Gasteiger partial charge in [0, 0.05) is 36.7 Å². The number of pyridine rings is 1. The zero-order chi connectivity index (χ0) is 17.8. The fourth-order valence-electron chi connectivity index (χ4n) is 3.05. The molecule has 0 saturated carbocycles. The van der Waals surface area contributed by atoms with Gasteiger partial charge in [0.1, 0.15) is 6.10 Å². The van der Waals surface area contributed by atoms with Gasteiger partial charge < -0.3 is 20.4 Å². The molecule has 2 heterocycles. The molecule has 0 aliphatic carbocycles. The lowest BCUT2D eigenvalue weighted by atomic mass is 9.98. The molecule has 1 saturated heterocycles. The Morgan fingerprint density at radius 1 is 1.12 bits per heavy atom. The van der Waals surface area contributed by atoms with E-state index in [9.17, 15) is 15.0 Å². The quantitative estimate of drug-likeness (QED) is 0.749. The Kier molecular flexibility index (Phi) is 5.31. The summed E-state index contributed by atoms with van der Waals surface area (Å²) in [5.41, 5.74) is 2.52. The summed E-state index contributed by atoms with van der Waals surface area (Å²) in [6.07, 6.45) is 2.95. The number of amides is 1. The third kappa shape index (κ3) is 3.97. The second kappa shape index (κ2) is 7.63. The number of nitrogens with one attached hydrogen (secondary N) is 1. The highest BCUT2D eigenvalue weighted by Crippen LogP contribution is 2.27. The first-order chi connectivity index (χ1) is 12.1. The molecule has 0 bridgehead atoms. The molecular formula is C19H23N3O3. The minimum absolute atomic E-state index is 0.153. The minimum atomic E-state index is -0.970. The summed E-state index contributed by atoms with van der Waals surface area (Å²) in [5.74, 6) is 0.153. The second-order valence-electron chi connectivity index (χ2n) is 6.33. The van der Waals surface area contributed by atoms with Crippen molar-refractivity contribution in [2.75, 3.05) is 16.8 Å². The molecule has 6 heteroatoms. The van der Waals surface area contributed by atoms with E-state index in [1.54, 1.807) is 36.4 Å². The van der Waals surface area contributed by atoms with Crippen molar-refractivity contribution < 1.29 is 15.0 Å². The van der Waals surface area contributed by atoms with Crippen molar-refractivity contribution in [1.29, 1.82) is 0 Å². The zero-order valence-electron chi connectivity index (χ0n) is 14.2. The first-order valence-electron chi connectivity index (χ1n) is 8.49. The van der Waals surface area contributed by atoms with Crippen molar-refractivity contribution in [2.24, 2.45) is 0 Å². The zero-order valence-corrected chi connectivity index (χ0v) is 14.2. The van der Waals surface area contributed by atoms with E-state index in [4.69, 9.17) is 0 Å². The number of benzene rings is 1. The van der Waals surface area contributed by atoms with Crippen molar-refractivity contribution in [3.8, 4) is 0 Å². The topological polar surface area (TPSA) is 85.7 Å². The monoisotopic (exact) mass is 341 g/mol.